The van der Waals surface area contributed by atoms with E-state index in [9.17, 15) is 9.59 Å². The predicted molar refractivity (Wildman–Crippen MR) is 47.3 cm³/mol. The summed E-state index contributed by atoms with van der Waals surface area (Å²) in [5, 5.41) is 7.25. The number of hydrogen-bond donors (Lipinski definition) is 2. The average Bonchev–Trinajstić information content (AvgIpc) is 2.08. The van der Waals surface area contributed by atoms with Crippen LogP contribution in [0.2, 0.25) is 0 Å². The lowest BCUT2D eigenvalue weighted by Gasteiger charge is -2.17. The molecule has 1 aliphatic rings. The van der Waals surface area contributed by atoms with Gasteiger partial charge >= 0.3 is 6.03 Å². The Morgan fingerprint density at radius 3 is 2.69 bits per heavy atom. The number of allylic oxidation sites excluding steroid dienone is 3. The molecule has 0 aromatic rings. The molecule has 5 nitrogen and oxygen atoms in total. The SMILES string of the molecule is CN(C(N)=O)C1=CC(=N)C=CC1=O. The monoisotopic (exact) mass is 179 g/mol. The molecule has 0 aromatic heterocycles. The van der Waals surface area contributed by atoms with Crippen LogP contribution in [0.5, 0.6) is 0 Å². The molecule has 0 aromatic carbocycles. The third kappa shape index (κ3) is 1.81. The highest BCUT2D eigenvalue weighted by atomic mass is 16.2. The number of nitrogens with two attached hydrogens (primary N) is 1. The maximum absolute atomic E-state index is 11.2. The normalized spacial score (nSPS) is 15.6. The van der Waals surface area contributed by atoms with Crippen molar-refractivity contribution in [3.8, 4) is 0 Å². The number of likely N-dealkylation sites (N-methyl/N-ethyl adjacent to an activating group) is 1. The molecule has 0 saturated heterocycles. The lowest BCUT2D eigenvalue weighted by Crippen LogP contribution is -2.35. The predicted octanol–water partition coefficient (Wildman–Crippen LogP) is 0.0395. The van der Waals surface area contributed by atoms with Crippen LogP contribution in [-0.2, 0) is 4.79 Å². The lowest BCUT2D eigenvalue weighted by molar-refractivity contribution is -0.112. The minimum atomic E-state index is -0.720. The van der Waals surface area contributed by atoms with Crippen LogP contribution in [-0.4, -0.2) is 29.5 Å². The van der Waals surface area contributed by atoms with E-state index in [1.165, 1.54) is 25.3 Å². The van der Waals surface area contributed by atoms with Gasteiger partial charge in [0.1, 0.15) is 0 Å². The van der Waals surface area contributed by atoms with Gasteiger partial charge in [-0.05, 0) is 18.2 Å². The van der Waals surface area contributed by atoms with Gasteiger partial charge in [-0.2, -0.15) is 0 Å². The van der Waals surface area contributed by atoms with Gasteiger partial charge in [0.2, 0.25) is 5.78 Å². The number of primary amides is 1. The van der Waals surface area contributed by atoms with Gasteiger partial charge in [-0.3, -0.25) is 9.69 Å². The number of hydrogen-bond acceptors (Lipinski definition) is 3. The molecule has 2 amide bonds. The first kappa shape index (κ1) is 9.18. The first-order valence-corrected chi connectivity index (χ1v) is 3.58. The summed E-state index contributed by atoms with van der Waals surface area (Å²) in [4.78, 5) is 22.9. The molecule has 68 valence electrons. The third-order valence-electron chi connectivity index (χ3n) is 1.65. The van der Waals surface area contributed by atoms with Crippen molar-refractivity contribution >= 4 is 17.5 Å². The first-order chi connectivity index (χ1) is 6.02. The quantitative estimate of drug-likeness (QED) is 0.556. The lowest BCUT2D eigenvalue weighted by atomic mass is 10.1. The van der Waals surface area contributed by atoms with Crippen molar-refractivity contribution in [2.75, 3.05) is 7.05 Å². The Morgan fingerprint density at radius 1 is 1.54 bits per heavy atom. The van der Waals surface area contributed by atoms with Crippen LogP contribution < -0.4 is 5.73 Å². The second kappa shape index (κ2) is 3.22. The largest absolute Gasteiger partial charge is 0.351 e. The number of rotatable bonds is 1. The standard InChI is InChI=1S/C8H9N3O2/c1-11(8(10)13)6-4-5(9)2-3-7(6)12/h2-4,9H,1H3,(H2,10,13). The first-order valence-electron chi connectivity index (χ1n) is 3.58. The zero-order valence-electron chi connectivity index (χ0n) is 7.07. The maximum atomic E-state index is 11.2. The van der Waals surface area contributed by atoms with Crippen molar-refractivity contribution in [2.24, 2.45) is 5.73 Å². The van der Waals surface area contributed by atoms with Crippen molar-refractivity contribution in [3.63, 3.8) is 0 Å². The number of ketones is 1. The Bertz CT molecular complexity index is 341. The Labute approximate surface area is 75.0 Å². The van der Waals surface area contributed by atoms with Crippen LogP contribution in [0.3, 0.4) is 0 Å². The van der Waals surface area contributed by atoms with E-state index in [-0.39, 0.29) is 17.2 Å². The van der Waals surface area contributed by atoms with E-state index in [2.05, 4.69) is 0 Å². The summed E-state index contributed by atoms with van der Waals surface area (Å²) >= 11 is 0. The molecule has 0 heterocycles. The van der Waals surface area contributed by atoms with E-state index >= 15 is 0 Å². The number of carbonyl (C=O) groups is 2. The molecule has 13 heavy (non-hydrogen) atoms. The Morgan fingerprint density at radius 2 is 2.15 bits per heavy atom. The summed E-state index contributed by atoms with van der Waals surface area (Å²) in [5.41, 5.74) is 5.27. The molecule has 0 spiro atoms. The van der Waals surface area contributed by atoms with Crippen LogP contribution in [0.15, 0.2) is 23.9 Å². The van der Waals surface area contributed by atoms with E-state index in [0.29, 0.717) is 0 Å². The van der Waals surface area contributed by atoms with Gasteiger partial charge in [0.15, 0.2) is 0 Å². The molecule has 0 atom stereocenters. The highest BCUT2D eigenvalue weighted by molar-refractivity contribution is 6.18. The fraction of sp³-hybridized carbons (Fsp3) is 0.125. The summed E-state index contributed by atoms with van der Waals surface area (Å²) in [6.45, 7) is 0. The van der Waals surface area contributed by atoms with Gasteiger partial charge in [-0.1, -0.05) is 0 Å². The molecule has 1 rings (SSSR count). The molecular formula is C8H9N3O2. The number of urea groups is 1. The summed E-state index contributed by atoms with van der Waals surface area (Å²) in [5.74, 6) is -0.322. The van der Waals surface area contributed by atoms with E-state index in [4.69, 9.17) is 11.1 Å². The average molecular weight is 179 g/mol. The van der Waals surface area contributed by atoms with E-state index in [0.717, 1.165) is 4.90 Å². The highest BCUT2D eigenvalue weighted by Crippen LogP contribution is 2.08. The molecular weight excluding hydrogens is 170 g/mol. The molecule has 0 saturated carbocycles. The number of carbonyl (C=O) groups excluding carboxylic acids is 2. The second-order valence-corrected chi connectivity index (χ2v) is 2.58. The molecule has 3 N–H and O–H groups in total. The summed E-state index contributed by atoms with van der Waals surface area (Å²) in [6.07, 6.45) is 3.89. The van der Waals surface area contributed by atoms with Crippen molar-refractivity contribution in [1.29, 1.82) is 5.41 Å². The summed E-state index contributed by atoms with van der Waals surface area (Å²) < 4.78 is 0. The summed E-state index contributed by atoms with van der Waals surface area (Å²) in [6, 6.07) is -0.720. The molecule has 0 unspecified atom stereocenters. The number of nitrogens with zero attached hydrogens (tertiary/aromatic N) is 1. The van der Waals surface area contributed by atoms with Gasteiger partial charge < -0.3 is 11.1 Å². The molecule has 0 radical (unpaired) electrons. The van der Waals surface area contributed by atoms with Gasteiger partial charge in [-0.15, -0.1) is 0 Å². The van der Waals surface area contributed by atoms with Gasteiger partial charge in [0, 0.05) is 7.05 Å². The maximum Gasteiger partial charge on any atom is 0.319 e. The van der Waals surface area contributed by atoms with Crippen LogP contribution in [0.4, 0.5) is 4.79 Å². The van der Waals surface area contributed by atoms with Gasteiger partial charge in [-0.25, -0.2) is 4.79 Å². The molecule has 0 aliphatic heterocycles. The van der Waals surface area contributed by atoms with E-state index in [1.54, 1.807) is 0 Å². The molecule has 1 aliphatic carbocycles. The number of amides is 2. The minimum Gasteiger partial charge on any atom is -0.351 e. The van der Waals surface area contributed by atoms with Crippen LogP contribution in [0, 0.1) is 5.41 Å². The Kier molecular flexibility index (Phi) is 2.27. The number of nitrogens with one attached hydrogen (secondary N) is 1. The van der Waals surface area contributed by atoms with E-state index in [1.807, 2.05) is 0 Å². The Balaban J connectivity index is 2.97. The second-order valence-electron chi connectivity index (χ2n) is 2.58. The highest BCUT2D eigenvalue weighted by Gasteiger charge is 2.18. The summed E-state index contributed by atoms with van der Waals surface area (Å²) in [7, 11) is 1.39. The smallest absolute Gasteiger partial charge is 0.319 e. The van der Waals surface area contributed by atoms with Crippen LogP contribution in [0.1, 0.15) is 0 Å². The fourth-order valence-corrected chi connectivity index (χ4v) is 0.898. The van der Waals surface area contributed by atoms with Crippen molar-refractivity contribution in [2.45, 2.75) is 0 Å². The zero-order chi connectivity index (χ0) is 10.0. The van der Waals surface area contributed by atoms with Crippen LogP contribution >= 0.6 is 0 Å². The Hall–Kier alpha value is -1.91. The topological polar surface area (TPSA) is 87.2 Å². The minimum absolute atomic E-state index is 0.125. The van der Waals surface area contributed by atoms with Crippen molar-refractivity contribution < 1.29 is 9.59 Å². The fourth-order valence-electron chi connectivity index (χ4n) is 0.898. The van der Waals surface area contributed by atoms with Gasteiger partial charge in [0.05, 0.1) is 11.4 Å². The molecule has 5 heteroatoms. The van der Waals surface area contributed by atoms with Gasteiger partial charge in [0.25, 0.3) is 0 Å². The third-order valence-corrected chi connectivity index (χ3v) is 1.65. The van der Waals surface area contributed by atoms with Crippen molar-refractivity contribution in [3.05, 3.63) is 23.9 Å². The van der Waals surface area contributed by atoms with Crippen molar-refractivity contribution in [1.82, 2.24) is 4.90 Å². The molecule has 0 bridgehead atoms. The van der Waals surface area contributed by atoms with Crippen LogP contribution in [0.25, 0.3) is 0 Å². The molecule has 0 fully saturated rings. The zero-order valence-corrected chi connectivity index (χ0v) is 7.07. The van der Waals surface area contributed by atoms with E-state index < -0.39 is 6.03 Å².